The van der Waals surface area contributed by atoms with Crippen molar-refractivity contribution >= 4 is 11.7 Å². The van der Waals surface area contributed by atoms with E-state index in [1.54, 1.807) is 10.7 Å². The second kappa shape index (κ2) is 5.76. The normalized spacial score (nSPS) is 12.1. The van der Waals surface area contributed by atoms with E-state index < -0.39 is 6.04 Å². The molecule has 8 heteroatoms. The monoisotopic (exact) mass is 297 g/mol. The number of aryl methyl sites for hydroxylation is 2. The lowest BCUT2D eigenvalue weighted by atomic mass is 10.1. The molecule has 0 spiro atoms. The fourth-order valence-electron chi connectivity index (χ4n) is 2.16. The van der Waals surface area contributed by atoms with Crippen LogP contribution in [0.25, 0.3) is 0 Å². The molecule has 1 atom stereocenters. The van der Waals surface area contributed by atoms with Crippen LogP contribution in [0.5, 0.6) is 0 Å². The third-order valence-electron chi connectivity index (χ3n) is 3.36. The fraction of sp³-hybridized carbons (Fsp3) is 0.214. The summed E-state index contributed by atoms with van der Waals surface area (Å²) < 4.78 is 3.12. The van der Waals surface area contributed by atoms with E-state index in [4.69, 9.17) is 0 Å². The maximum Gasteiger partial charge on any atom is 0.255 e. The van der Waals surface area contributed by atoms with E-state index in [-0.39, 0.29) is 5.91 Å². The van der Waals surface area contributed by atoms with Crippen LogP contribution < -0.4 is 5.32 Å². The number of hydrogen-bond donors (Lipinski definition) is 1. The van der Waals surface area contributed by atoms with Crippen LogP contribution in [-0.4, -0.2) is 35.9 Å². The number of carbonyl (C=O) groups is 1. The molecule has 3 rings (SSSR count). The molecule has 1 aromatic carbocycles. The zero-order valence-electron chi connectivity index (χ0n) is 12.2. The molecule has 0 bridgehead atoms. The zero-order chi connectivity index (χ0) is 15.5. The predicted molar refractivity (Wildman–Crippen MR) is 79.0 cm³/mol. The molecule has 0 radical (unpaired) electrons. The standard InChI is InChI=1S/C14H15N7O/c1-10-8-12(17-20(10)2)16-14(22)13(21-9-15-18-19-21)11-6-4-3-5-7-11/h3-9,13H,1-2H3,(H,16,17,22)/t13-/m0/s1. The molecule has 22 heavy (non-hydrogen) atoms. The Morgan fingerprint density at radius 3 is 2.64 bits per heavy atom. The first kappa shape index (κ1) is 13.9. The summed E-state index contributed by atoms with van der Waals surface area (Å²) in [4.78, 5) is 12.7. The lowest BCUT2D eigenvalue weighted by Crippen LogP contribution is -2.27. The molecule has 0 saturated carbocycles. The number of carbonyl (C=O) groups excluding carboxylic acids is 1. The minimum absolute atomic E-state index is 0.253. The Morgan fingerprint density at radius 2 is 2.05 bits per heavy atom. The van der Waals surface area contributed by atoms with Crippen LogP contribution in [0.1, 0.15) is 17.3 Å². The van der Waals surface area contributed by atoms with Crippen LogP contribution in [0.3, 0.4) is 0 Å². The fourth-order valence-corrected chi connectivity index (χ4v) is 2.16. The highest BCUT2D eigenvalue weighted by Gasteiger charge is 2.24. The van der Waals surface area contributed by atoms with Gasteiger partial charge in [0.2, 0.25) is 0 Å². The predicted octanol–water partition coefficient (Wildman–Crippen LogP) is 0.943. The smallest absolute Gasteiger partial charge is 0.255 e. The lowest BCUT2D eigenvalue weighted by Gasteiger charge is -2.15. The minimum atomic E-state index is -0.654. The number of amides is 1. The van der Waals surface area contributed by atoms with Gasteiger partial charge < -0.3 is 5.32 Å². The summed E-state index contributed by atoms with van der Waals surface area (Å²) in [7, 11) is 1.82. The second-order valence-corrected chi connectivity index (χ2v) is 4.89. The molecule has 1 amide bonds. The first-order chi connectivity index (χ1) is 10.6. The first-order valence-corrected chi connectivity index (χ1v) is 6.74. The number of nitrogens with zero attached hydrogens (tertiary/aromatic N) is 6. The largest absolute Gasteiger partial charge is 0.307 e. The van der Waals surface area contributed by atoms with Crippen LogP contribution in [0.15, 0.2) is 42.7 Å². The molecule has 2 aromatic heterocycles. The summed E-state index contributed by atoms with van der Waals surface area (Å²) in [6.07, 6.45) is 1.42. The summed E-state index contributed by atoms with van der Waals surface area (Å²) in [6, 6.07) is 10.5. The van der Waals surface area contributed by atoms with E-state index in [9.17, 15) is 4.79 Å². The van der Waals surface area contributed by atoms with Crippen molar-refractivity contribution in [1.82, 2.24) is 30.0 Å². The van der Waals surface area contributed by atoms with Crippen LogP contribution >= 0.6 is 0 Å². The summed E-state index contributed by atoms with van der Waals surface area (Å²) >= 11 is 0. The molecule has 1 N–H and O–H groups in total. The third-order valence-corrected chi connectivity index (χ3v) is 3.36. The van der Waals surface area contributed by atoms with Crippen molar-refractivity contribution in [3.8, 4) is 0 Å². The van der Waals surface area contributed by atoms with Crippen molar-refractivity contribution in [3.05, 3.63) is 54.0 Å². The van der Waals surface area contributed by atoms with E-state index in [1.165, 1.54) is 11.0 Å². The van der Waals surface area contributed by atoms with Crippen molar-refractivity contribution in [2.45, 2.75) is 13.0 Å². The van der Waals surface area contributed by atoms with E-state index in [1.807, 2.05) is 44.3 Å². The molecule has 2 heterocycles. The van der Waals surface area contributed by atoms with Crippen molar-refractivity contribution in [3.63, 3.8) is 0 Å². The van der Waals surface area contributed by atoms with Crippen LogP contribution in [0.2, 0.25) is 0 Å². The number of hydrogen-bond acceptors (Lipinski definition) is 5. The molecule has 0 saturated heterocycles. The Kier molecular flexibility index (Phi) is 3.65. The zero-order valence-corrected chi connectivity index (χ0v) is 12.2. The van der Waals surface area contributed by atoms with Gasteiger partial charge in [-0.05, 0) is 22.9 Å². The summed E-state index contributed by atoms with van der Waals surface area (Å²) in [6.45, 7) is 1.92. The molecule has 0 aliphatic heterocycles. The highest BCUT2D eigenvalue weighted by Crippen LogP contribution is 2.19. The molecule has 8 nitrogen and oxygen atoms in total. The van der Waals surface area contributed by atoms with Gasteiger partial charge in [0.05, 0.1) is 0 Å². The Morgan fingerprint density at radius 1 is 1.27 bits per heavy atom. The van der Waals surface area contributed by atoms with Gasteiger partial charge in [-0.25, -0.2) is 4.68 Å². The molecule has 0 unspecified atom stereocenters. The highest BCUT2D eigenvalue weighted by molar-refractivity contribution is 5.95. The second-order valence-electron chi connectivity index (χ2n) is 4.89. The van der Waals surface area contributed by atoms with Gasteiger partial charge in [0, 0.05) is 18.8 Å². The molecule has 3 aromatic rings. The van der Waals surface area contributed by atoms with Crippen molar-refractivity contribution in [1.29, 1.82) is 0 Å². The average Bonchev–Trinajstić information content (AvgIpc) is 3.12. The van der Waals surface area contributed by atoms with E-state index in [2.05, 4.69) is 25.9 Å². The molecule has 112 valence electrons. The van der Waals surface area contributed by atoms with Gasteiger partial charge in [-0.3, -0.25) is 9.48 Å². The SMILES string of the molecule is Cc1cc(NC(=O)[C@H](c2ccccc2)n2cnnn2)nn1C. The van der Waals surface area contributed by atoms with Gasteiger partial charge in [0.1, 0.15) is 6.33 Å². The Labute approximate surface area is 126 Å². The van der Waals surface area contributed by atoms with Gasteiger partial charge in [-0.1, -0.05) is 30.3 Å². The molecular weight excluding hydrogens is 282 g/mol. The number of benzene rings is 1. The highest BCUT2D eigenvalue weighted by atomic mass is 16.2. The molecular formula is C14H15N7O. The summed E-state index contributed by atoms with van der Waals surface area (Å²) in [5.41, 5.74) is 1.74. The number of nitrogens with one attached hydrogen (secondary N) is 1. The number of rotatable bonds is 4. The third kappa shape index (κ3) is 2.71. The summed E-state index contributed by atoms with van der Waals surface area (Å²) in [5, 5.41) is 18.1. The topological polar surface area (TPSA) is 90.5 Å². The van der Waals surface area contributed by atoms with Crippen molar-refractivity contribution < 1.29 is 4.79 Å². The molecule has 0 fully saturated rings. The average molecular weight is 297 g/mol. The Hall–Kier alpha value is -3.03. The van der Waals surface area contributed by atoms with Gasteiger partial charge in [0.15, 0.2) is 11.9 Å². The molecule has 0 aliphatic rings. The minimum Gasteiger partial charge on any atom is -0.307 e. The maximum atomic E-state index is 12.7. The van der Waals surface area contributed by atoms with E-state index >= 15 is 0 Å². The lowest BCUT2D eigenvalue weighted by molar-refractivity contribution is -0.118. The molecule has 0 aliphatic carbocycles. The van der Waals surface area contributed by atoms with E-state index in [0.717, 1.165) is 11.3 Å². The summed E-state index contributed by atoms with van der Waals surface area (Å²) in [5.74, 6) is 0.246. The van der Waals surface area contributed by atoms with E-state index in [0.29, 0.717) is 5.82 Å². The van der Waals surface area contributed by atoms with Crippen LogP contribution in [-0.2, 0) is 11.8 Å². The van der Waals surface area contributed by atoms with Crippen molar-refractivity contribution in [2.75, 3.05) is 5.32 Å². The number of anilines is 1. The van der Waals surface area contributed by atoms with Gasteiger partial charge in [-0.2, -0.15) is 5.10 Å². The van der Waals surface area contributed by atoms with Crippen LogP contribution in [0.4, 0.5) is 5.82 Å². The van der Waals surface area contributed by atoms with Gasteiger partial charge >= 0.3 is 0 Å². The Balaban J connectivity index is 1.91. The van der Waals surface area contributed by atoms with Crippen molar-refractivity contribution in [2.24, 2.45) is 7.05 Å². The quantitative estimate of drug-likeness (QED) is 0.774. The van der Waals surface area contributed by atoms with Gasteiger partial charge in [0.25, 0.3) is 5.91 Å². The first-order valence-electron chi connectivity index (χ1n) is 6.74. The Bertz CT molecular complexity index is 744. The van der Waals surface area contributed by atoms with Gasteiger partial charge in [-0.15, -0.1) is 5.10 Å². The maximum absolute atomic E-state index is 12.7. The number of aromatic nitrogens is 6. The number of tetrazole rings is 1. The van der Waals surface area contributed by atoms with Crippen LogP contribution in [0, 0.1) is 6.92 Å².